The standard InChI is InChI=1S/C18H19BrN2O/c19-16-8-4-7-14-12-21(10-9-15(14)16)18(22)11-17(20)13-5-2-1-3-6-13/h1-8,17H,9-12,20H2. The van der Waals surface area contributed by atoms with Crippen LogP contribution in [0.3, 0.4) is 0 Å². The molecule has 0 bridgehead atoms. The molecule has 2 aromatic rings. The van der Waals surface area contributed by atoms with Crippen molar-refractivity contribution >= 4 is 21.8 Å². The number of hydrogen-bond donors (Lipinski definition) is 1. The van der Waals surface area contributed by atoms with Crippen molar-refractivity contribution in [3.8, 4) is 0 Å². The number of halogens is 1. The Bertz CT molecular complexity index is 672. The van der Waals surface area contributed by atoms with E-state index in [1.807, 2.05) is 41.3 Å². The lowest BCUT2D eigenvalue weighted by Gasteiger charge is -2.30. The molecule has 0 aromatic heterocycles. The lowest BCUT2D eigenvalue weighted by atomic mass is 9.98. The molecule has 22 heavy (non-hydrogen) atoms. The molecule has 0 fully saturated rings. The van der Waals surface area contributed by atoms with E-state index < -0.39 is 0 Å². The van der Waals surface area contributed by atoms with Gasteiger partial charge in [-0.1, -0.05) is 58.4 Å². The Morgan fingerprint density at radius 2 is 1.95 bits per heavy atom. The number of rotatable bonds is 3. The van der Waals surface area contributed by atoms with E-state index in [1.165, 1.54) is 11.1 Å². The van der Waals surface area contributed by atoms with Crippen molar-refractivity contribution in [3.63, 3.8) is 0 Å². The van der Waals surface area contributed by atoms with Crippen LogP contribution >= 0.6 is 15.9 Å². The second kappa shape index (κ2) is 6.63. The van der Waals surface area contributed by atoms with E-state index in [9.17, 15) is 4.79 Å². The van der Waals surface area contributed by atoms with Gasteiger partial charge in [0.05, 0.1) is 0 Å². The predicted molar refractivity (Wildman–Crippen MR) is 91.3 cm³/mol. The second-order valence-electron chi connectivity index (χ2n) is 5.66. The maximum Gasteiger partial charge on any atom is 0.224 e. The zero-order valence-electron chi connectivity index (χ0n) is 12.3. The molecule has 1 amide bonds. The topological polar surface area (TPSA) is 46.3 Å². The van der Waals surface area contributed by atoms with Crippen molar-refractivity contribution in [2.24, 2.45) is 5.73 Å². The van der Waals surface area contributed by atoms with Crippen molar-refractivity contribution in [3.05, 3.63) is 69.7 Å². The number of fused-ring (bicyclic) bond motifs is 1. The average molecular weight is 359 g/mol. The van der Waals surface area contributed by atoms with Crippen LogP contribution in [0, 0.1) is 0 Å². The minimum atomic E-state index is -0.238. The van der Waals surface area contributed by atoms with Crippen molar-refractivity contribution < 1.29 is 4.79 Å². The summed E-state index contributed by atoms with van der Waals surface area (Å²) in [5.74, 6) is 0.127. The SMILES string of the molecule is NC(CC(=O)N1CCc2c(Br)cccc2C1)c1ccccc1. The van der Waals surface area contributed by atoms with Crippen LogP contribution in [-0.2, 0) is 17.8 Å². The smallest absolute Gasteiger partial charge is 0.224 e. The fourth-order valence-electron chi connectivity index (χ4n) is 2.91. The van der Waals surface area contributed by atoms with E-state index in [0.717, 1.165) is 23.0 Å². The molecule has 0 spiro atoms. The molecule has 0 aliphatic carbocycles. The van der Waals surface area contributed by atoms with Gasteiger partial charge in [0, 0.05) is 30.0 Å². The van der Waals surface area contributed by atoms with E-state index in [4.69, 9.17) is 5.73 Å². The van der Waals surface area contributed by atoms with E-state index in [0.29, 0.717) is 13.0 Å². The Hall–Kier alpha value is -1.65. The first-order chi connectivity index (χ1) is 10.6. The summed E-state index contributed by atoms with van der Waals surface area (Å²) in [7, 11) is 0. The number of amides is 1. The summed E-state index contributed by atoms with van der Waals surface area (Å²) in [5.41, 5.74) is 9.72. The number of nitrogens with two attached hydrogens (primary N) is 1. The minimum Gasteiger partial charge on any atom is -0.338 e. The Balaban J connectivity index is 1.67. The van der Waals surface area contributed by atoms with Gasteiger partial charge in [0.1, 0.15) is 0 Å². The van der Waals surface area contributed by atoms with Gasteiger partial charge in [-0.3, -0.25) is 4.79 Å². The van der Waals surface area contributed by atoms with Crippen LogP contribution in [0.2, 0.25) is 0 Å². The van der Waals surface area contributed by atoms with Crippen LogP contribution in [0.25, 0.3) is 0 Å². The Kier molecular flexibility index (Phi) is 4.60. The molecule has 1 aliphatic rings. The average Bonchev–Trinajstić information content (AvgIpc) is 2.55. The number of benzene rings is 2. The number of hydrogen-bond acceptors (Lipinski definition) is 2. The van der Waals surface area contributed by atoms with E-state index in [2.05, 4.69) is 28.1 Å². The van der Waals surface area contributed by atoms with E-state index in [1.54, 1.807) is 0 Å². The first-order valence-electron chi connectivity index (χ1n) is 7.49. The molecule has 4 heteroatoms. The quantitative estimate of drug-likeness (QED) is 0.913. The predicted octanol–water partition coefficient (Wildman–Crippen LogP) is 3.42. The lowest BCUT2D eigenvalue weighted by molar-refractivity contribution is -0.132. The van der Waals surface area contributed by atoms with Crippen LogP contribution < -0.4 is 5.73 Å². The lowest BCUT2D eigenvalue weighted by Crippen LogP contribution is -2.37. The van der Waals surface area contributed by atoms with Crippen LogP contribution in [0.5, 0.6) is 0 Å². The normalized spacial score (nSPS) is 15.3. The van der Waals surface area contributed by atoms with Gasteiger partial charge in [-0.15, -0.1) is 0 Å². The Morgan fingerprint density at radius 1 is 1.18 bits per heavy atom. The summed E-state index contributed by atoms with van der Waals surface area (Å²) < 4.78 is 1.14. The van der Waals surface area contributed by atoms with Crippen molar-refractivity contribution in [1.82, 2.24) is 4.90 Å². The van der Waals surface area contributed by atoms with Crippen LogP contribution in [0.4, 0.5) is 0 Å². The van der Waals surface area contributed by atoms with E-state index >= 15 is 0 Å². The van der Waals surface area contributed by atoms with Gasteiger partial charge in [0.2, 0.25) is 5.91 Å². The molecule has 1 unspecified atom stereocenters. The van der Waals surface area contributed by atoms with Gasteiger partial charge in [-0.05, 0) is 29.2 Å². The number of carbonyl (C=O) groups is 1. The molecule has 2 N–H and O–H groups in total. The highest BCUT2D eigenvalue weighted by Crippen LogP contribution is 2.27. The fourth-order valence-corrected chi connectivity index (χ4v) is 3.52. The summed E-state index contributed by atoms with van der Waals surface area (Å²) in [6, 6.07) is 15.7. The first-order valence-corrected chi connectivity index (χ1v) is 8.29. The second-order valence-corrected chi connectivity index (χ2v) is 6.52. The van der Waals surface area contributed by atoms with Gasteiger partial charge < -0.3 is 10.6 Å². The number of nitrogens with zero attached hydrogens (tertiary/aromatic N) is 1. The number of carbonyl (C=O) groups excluding carboxylic acids is 1. The zero-order chi connectivity index (χ0) is 15.5. The molecular formula is C18H19BrN2O. The molecule has 0 saturated carbocycles. The van der Waals surface area contributed by atoms with Gasteiger partial charge in [-0.25, -0.2) is 0 Å². The first kappa shape index (κ1) is 15.3. The molecule has 114 valence electrons. The van der Waals surface area contributed by atoms with Crippen molar-refractivity contribution in [2.75, 3.05) is 6.54 Å². The molecule has 3 rings (SSSR count). The van der Waals surface area contributed by atoms with Crippen LogP contribution in [-0.4, -0.2) is 17.4 Å². The summed E-state index contributed by atoms with van der Waals surface area (Å²) in [5, 5.41) is 0. The Morgan fingerprint density at radius 3 is 2.73 bits per heavy atom. The van der Waals surface area contributed by atoms with E-state index in [-0.39, 0.29) is 11.9 Å². The maximum atomic E-state index is 12.5. The third-order valence-electron chi connectivity index (χ3n) is 4.18. The summed E-state index contributed by atoms with van der Waals surface area (Å²) in [4.78, 5) is 14.4. The maximum absolute atomic E-state index is 12.5. The van der Waals surface area contributed by atoms with Crippen molar-refractivity contribution in [2.45, 2.75) is 25.4 Å². The summed E-state index contributed by atoms with van der Waals surface area (Å²) in [6.45, 7) is 1.44. The molecule has 0 saturated heterocycles. The largest absolute Gasteiger partial charge is 0.338 e. The Labute approximate surface area is 139 Å². The molecule has 1 atom stereocenters. The van der Waals surface area contributed by atoms with Gasteiger partial charge in [0.15, 0.2) is 0 Å². The zero-order valence-corrected chi connectivity index (χ0v) is 13.9. The highest BCUT2D eigenvalue weighted by molar-refractivity contribution is 9.10. The summed E-state index contributed by atoms with van der Waals surface area (Å²) in [6.07, 6.45) is 1.25. The third-order valence-corrected chi connectivity index (χ3v) is 4.93. The minimum absolute atomic E-state index is 0.127. The monoisotopic (exact) mass is 358 g/mol. The molecule has 3 nitrogen and oxygen atoms in total. The fraction of sp³-hybridized carbons (Fsp3) is 0.278. The van der Waals surface area contributed by atoms with Crippen LogP contribution in [0.15, 0.2) is 53.0 Å². The third kappa shape index (κ3) is 3.23. The molecule has 1 aliphatic heterocycles. The summed E-state index contributed by atoms with van der Waals surface area (Å²) >= 11 is 3.59. The molecule has 1 heterocycles. The van der Waals surface area contributed by atoms with Crippen molar-refractivity contribution in [1.29, 1.82) is 0 Å². The molecule has 2 aromatic carbocycles. The van der Waals surface area contributed by atoms with Gasteiger partial charge in [-0.2, -0.15) is 0 Å². The van der Waals surface area contributed by atoms with Crippen LogP contribution in [0.1, 0.15) is 29.2 Å². The molecular weight excluding hydrogens is 340 g/mol. The molecule has 0 radical (unpaired) electrons. The van der Waals surface area contributed by atoms with Gasteiger partial charge in [0.25, 0.3) is 0 Å². The van der Waals surface area contributed by atoms with Gasteiger partial charge >= 0.3 is 0 Å². The highest BCUT2D eigenvalue weighted by atomic mass is 79.9. The highest BCUT2D eigenvalue weighted by Gasteiger charge is 2.23.